The van der Waals surface area contributed by atoms with Crippen LogP contribution in [0.4, 0.5) is 0 Å². The van der Waals surface area contributed by atoms with Gasteiger partial charge in [-0.2, -0.15) is 0 Å². The summed E-state index contributed by atoms with van der Waals surface area (Å²) < 4.78 is 24.1. The molecular weight excluding hydrogens is 753 g/mol. The van der Waals surface area contributed by atoms with Gasteiger partial charge in [0.1, 0.15) is 12.0 Å². The Balaban J connectivity index is 1.35. The summed E-state index contributed by atoms with van der Waals surface area (Å²) in [6.07, 6.45) is 11.6. The lowest BCUT2D eigenvalue weighted by Gasteiger charge is -2.63. The molecule has 7 aliphatic rings. The molecule has 3 saturated heterocycles. The van der Waals surface area contributed by atoms with E-state index in [9.17, 15) is 19.8 Å². The van der Waals surface area contributed by atoms with Gasteiger partial charge in [0.2, 0.25) is 5.60 Å². The largest absolute Gasteiger partial charge is 0.504 e. The second kappa shape index (κ2) is 14.1. The molecule has 2 bridgehead atoms. The number of esters is 3. The van der Waals surface area contributed by atoms with Gasteiger partial charge in [0, 0.05) is 84.9 Å². The van der Waals surface area contributed by atoms with Crippen molar-refractivity contribution in [2.24, 2.45) is 16.7 Å². The Morgan fingerprint density at radius 2 is 1.88 bits per heavy atom. The van der Waals surface area contributed by atoms with Gasteiger partial charge in [-0.1, -0.05) is 44.2 Å². The maximum absolute atomic E-state index is 15.5. The smallest absolute Gasteiger partial charge is 0.344 e. The molecule has 6 aliphatic heterocycles. The molecule has 0 amide bonds. The third kappa shape index (κ3) is 5.39. The number of ether oxygens (including phenoxy) is 4. The highest BCUT2D eigenvalue weighted by Crippen LogP contribution is 2.69. The first-order valence-corrected chi connectivity index (χ1v) is 21.3. The molecule has 10 atom stereocenters. The van der Waals surface area contributed by atoms with Crippen molar-refractivity contribution in [3.05, 3.63) is 82.9 Å². The van der Waals surface area contributed by atoms with Crippen LogP contribution in [0.3, 0.4) is 0 Å². The van der Waals surface area contributed by atoms with E-state index in [0.29, 0.717) is 82.5 Å². The van der Waals surface area contributed by atoms with Crippen LogP contribution in [0.5, 0.6) is 0 Å². The van der Waals surface area contributed by atoms with Gasteiger partial charge in [0.05, 0.1) is 32.1 Å². The van der Waals surface area contributed by atoms with Crippen LogP contribution in [-0.2, 0) is 45.2 Å². The quantitative estimate of drug-likeness (QED) is 0.174. The van der Waals surface area contributed by atoms with Gasteiger partial charge in [0.25, 0.3) is 0 Å². The number of carbonyl (C=O) groups is 3. The van der Waals surface area contributed by atoms with Gasteiger partial charge in [0.15, 0.2) is 6.10 Å². The van der Waals surface area contributed by atoms with Gasteiger partial charge < -0.3 is 39.0 Å². The molecule has 2 spiro atoms. The Morgan fingerprint density at radius 1 is 1.08 bits per heavy atom. The Hall–Kier alpha value is -4.43. The van der Waals surface area contributed by atoms with Crippen molar-refractivity contribution < 1.29 is 43.5 Å². The lowest BCUT2D eigenvalue weighted by molar-refractivity contribution is -0.243. The molecule has 7 heterocycles. The summed E-state index contributed by atoms with van der Waals surface area (Å²) in [6.45, 7) is 8.54. The third-order valence-electron chi connectivity index (χ3n) is 15.4. The Labute approximate surface area is 345 Å². The number of methoxy groups -OCH3 is 2. The van der Waals surface area contributed by atoms with Crippen LogP contribution in [0.15, 0.2) is 71.7 Å². The third-order valence-corrected chi connectivity index (χ3v) is 15.4. The van der Waals surface area contributed by atoms with E-state index in [4.69, 9.17) is 18.9 Å². The summed E-state index contributed by atoms with van der Waals surface area (Å²) in [5.74, 6) is -1.99. The second-order valence-corrected chi connectivity index (χ2v) is 18.2. The molecule has 59 heavy (non-hydrogen) atoms. The summed E-state index contributed by atoms with van der Waals surface area (Å²) >= 11 is 0. The first kappa shape index (κ1) is 40.0. The van der Waals surface area contributed by atoms with Crippen molar-refractivity contribution in [2.45, 2.75) is 94.1 Å². The minimum absolute atomic E-state index is 0.0802. The number of hydrogen-bond donors (Lipinski definition) is 3. The topological polar surface area (TPSA) is 154 Å². The standard InChI is InChI=1S/C46H58N4O9/c1-7-42(54)23-29-24-45(36-32(14-19-49(25-29)27-42)31-12-9-10-13-34(31)47-36)30(26-56-5)22-33-35(15-21-58-40(45)52)48(4)38-44(33)17-20-50-18-11-16-43(8-2,37(44)50)39(59-28(3)51)46(38,55)41(53)57-6/h9-13,15-16,22,26,29,37-39,47,54-55H,7-8,14,17-21,23-25,27H2,1-6H3/b30-26-,33-22+,35-15+/t29-,37-,38+,39+,42-,43+,44+,45-,46-/m0/s1. The Morgan fingerprint density at radius 3 is 2.61 bits per heavy atom. The molecule has 0 radical (unpaired) electrons. The van der Waals surface area contributed by atoms with Crippen LogP contribution < -0.4 is 0 Å². The van der Waals surface area contributed by atoms with Crippen molar-refractivity contribution in [2.75, 3.05) is 60.6 Å². The summed E-state index contributed by atoms with van der Waals surface area (Å²) in [4.78, 5) is 53.3. The number of aromatic amines is 1. The highest BCUT2D eigenvalue weighted by Gasteiger charge is 2.81. The fourth-order valence-corrected chi connectivity index (χ4v) is 13.4. The lowest BCUT2D eigenvalue weighted by Crippen LogP contribution is -2.79. The van der Waals surface area contributed by atoms with Crippen molar-refractivity contribution in [3.63, 3.8) is 0 Å². The Bertz CT molecular complexity index is 2210. The number of allylic oxidation sites excluding steroid dienone is 2. The van der Waals surface area contributed by atoms with Crippen molar-refractivity contribution in [1.29, 1.82) is 0 Å². The summed E-state index contributed by atoms with van der Waals surface area (Å²) in [5.41, 5.74) is -1.75. The molecule has 1 aromatic heterocycles. The number of nitrogens with one attached hydrogen (secondary N) is 1. The first-order chi connectivity index (χ1) is 28.3. The minimum Gasteiger partial charge on any atom is -0.504 e. The molecule has 1 aliphatic carbocycles. The van der Waals surface area contributed by atoms with E-state index in [2.05, 4.69) is 39.1 Å². The van der Waals surface area contributed by atoms with Crippen LogP contribution in [0.1, 0.15) is 64.1 Å². The summed E-state index contributed by atoms with van der Waals surface area (Å²) in [5, 5.41) is 26.4. The summed E-state index contributed by atoms with van der Waals surface area (Å²) in [7, 11) is 4.69. The molecular formula is C46H58N4O9. The average molecular weight is 811 g/mol. The van der Waals surface area contributed by atoms with Gasteiger partial charge >= 0.3 is 17.9 Å². The van der Waals surface area contributed by atoms with E-state index < -0.39 is 57.5 Å². The summed E-state index contributed by atoms with van der Waals surface area (Å²) in [6, 6.07) is 6.88. The van der Waals surface area contributed by atoms with E-state index >= 15 is 4.79 Å². The number of aromatic nitrogens is 1. The van der Waals surface area contributed by atoms with Crippen LogP contribution in [0.2, 0.25) is 0 Å². The molecule has 13 heteroatoms. The molecule has 2 aromatic rings. The lowest BCUT2D eigenvalue weighted by atomic mass is 9.47. The van der Waals surface area contributed by atoms with Gasteiger partial charge in [-0.05, 0) is 80.3 Å². The zero-order chi connectivity index (χ0) is 41.7. The van der Waals surface area contributed by atoms with Crippen molar-refractivity contribution in [1.82, 2.24) is 19.7 Å². The number of nitrogens with zero attached hydrogens (tertiary/aromatic N) is 3. The number of likely N-dealkylation sites (tertiary alicyclic amines) is 1. The highest BCUT2D eigenvalue weighted by molar-refractivity contribution is 5.94. The van der Waals surface area contributed by atoms with E-state index in [1.165, 1.54) is 14.0 Å². The predicted molar refractivity (Wildman–Crippen MR) is 219 cm³/mol. The number of rotatable bonds is 5. The second-order valence-electron chi connectivity index (χ2n) is 18.2. The zero-order valence-corrected chi connectivity index (χ0v) is 35.1. The predicted octanol–water partition coefficient (Wildman–Crippen LogP) is 3.90. The fraction of sp³-hybridized carbons (Fsp3) is 0.587. The van der Waals surface area contributed by atoms with Gasteiger partial charge in [-0.25, -0.2) is 4.79 Å². The maximum Gasteiger partial charge on any atom is 0.344 e. The minimum atomic E-state index is -2.31. The number of benzene rings is 1. The number of para-hydroxylation sites is 1. The number of H-pyrrole nitrogens is 1. The number of hydrogen-bond acceptors (Lipinski definition) is 12. The molecule has 1 aromatic carbocycles. The Kier molecular flexibility index (Phi) is 9.54. The van der Waals surface area contributed by atoms with E-state index in [1.807, 2.05) is 50.1 Å². The van der Waals surface area contributed by atoms with Crippen molar-refractivity contribution >= 4 is 28.8 Å². The molecule has 13 nitrogen and oxygen atoms in total. The molecule has 3 N–H and O–H groups in total. The van der Waals surface area contributed by atoms with Gasteiger partial charge in [-0.3, -0.25) is 19.4 Å². The van der Waals surface area contributed by atoms with Crippen LogP contribution >= 0.6 is 0 Å². The number of carbonyl (C=O) groups excluding carboxylic acids is 3. The van der Waals surface area contributed by atoms with Crippen molar-refractivity contribution in [3.8, 4) is 0 Å². The van der Waals surface area contributed by atoms with Crippen LogP contribution in [0.25, 0.3) is 10.9 Å². The molecule has 1 unspecified atom stereocenters. The molecule has 316 valence electrons. The normalized spacial score (nSPS) is 41.3. The maximum atomic E-state index is 15.5. The molecule has 4 fully saturated rings. The SMILES string of the molecule is CC[C@]1(O)C[C@@H]2CN(CCc3c([nH]c4ccccc34)[C@@]3(C2)C(=O)OC\C=C2/C(=C\C3=C\OC)[C@@]34CCN5CC=C[C@@](CC)([C@@H](OC(C)=O)[C@](O)(C(=O)OC)[C@@H]3N2C)[C@H]54)C1. The van der Waals surface area contributed by atoms with Crippen LogP contribution in [-0.4, -0.2) is 138 Å². The number of aliphatic hydroxyl groups is 2. The molecule has 9 rings (SSSR count). The zero-order valence-electron chi connectivity index (χ0n) is 35.1. The number of cyclic esters (lactones) is 1. The van der Waals surface area contributed by atoms with Crippen LogP contribution in [0, 0.1) is 16.7 Å². The number of fused-ring (bicyclic) bond motifs is 7. The number of likely N-dealkylation sites (N-methyl/N-ethyl adjacent to an activating group) is 1. The molecule has 1 saturated carbocycles. The van der Waals surface area contributed by atoms with Gasteiger partial charge in [-0.15, -0.1) is 0 Å². The van der Waals surface area contributed by atoms with E-state index in [0.717, 1.165) is 27.7 Å². The highest BCUT2D eigenvalue weighted by atomic mass is 16.6. The first-order valence-electron chi connectivity index (χ1n) is 21.3. The monoisotopic (exact) mass is 810 g/mol. The van der Waals surface area contributed by atoms with E-state index in [-0.39, 0.29) is 18.6 Å². The van der Waals surface area contributed by atoms with E-state index in [1.54, 1.807) is 13.4 Å². The average Bonchev–Trinajstić information content (AvgIpc) is 3.88. The fourth-order valence-electron chi connectivity index (χ4n) is 13.4. The number of piperidine rings is 1.